The van der Waals surface area contributed by atoms with Crippen LogP contribution in [0.5, 0.6) is 0 Å². The van der Waals surface area contributed by atoms with Gasteiger partial charge >= 0.3 is 0 Å². The first kappa shape index (κ1) is 13.5. The summed E-state index contributed by atoms with van der Waals surface area (Å²) in [7, 11) is 0. The fraction of sp³-hybridized carbons (Fsp3) is 0.417. The highest BCUT2D eigenvalue weighted by Crippen LogP contribution is 2.16. The molecule has 0 saturated carbocycles. The van der Waals surface area contributed by atoms with Gasteiger partial charge in [0, 0.05) is 16.6 Å². The Kier molecular flexibility index (Phi) is 5.29. The Balaban J connectivity index is 2.69. The van der Waals surface area contributed by atoms with Crippen LogP contribution in [0.15, 0.2) is 22.7 Å². The smallest absolute Gasteiger partial charge is 0.251 e. The van der Waals surface area contributed by atoms with Crippen LogP contribution < -0.4 is 5.32 Å². The lowest BCUT2D eigenvalue weighted by Crippen LogP contribution is -2.29. The highest BCUT2D eigenvalue weighted by molar-refractivity contribution is 9.10. The fourth-order valence-corrected chi connectivity index (χ4v) is 1.72. The zero-order valence-electron chi connectivity index (χ0n) is 9.39. The van der Waals surface area contributed by atoms with Gasteiger partial charge in [0.1, 0.15) is 0 Å². The first-order chi connectivity index (χ1) is 7.54. The minimum atomic E-state index is -0.0714. The molecule has 0 bridgehead atoms. The summed E-state index contributed by atoms with van der Waals surface area (Å²) in [4.78, 5) is 11.8. The van der Waals surface area contributed by atoms with Gasteiger partial charge in [-0.05, 0) is 31.0 Å². The van der Waals surface area contributed by atoms with Crippen LogP contribution in [-0.2, 0) is 0 Å². The van der Waals surface area contributed by atoms with E-state index < -0.39 is 0 Å². The predicted octanol–water partition coefficient (Wildman–Crippen LogP) is 3.50. The predicted molar refractivity (Wildman–Crippen MR) is 71.1 cm³/mol. The summed E-state index contributed by atoms with van der Waals surface area (Å²) in [6.07, 6.45) is 0.847. The van der Waals surface area contributed by atoms with E-state index in [-0.39, 0.29) is 11.3 Å². The number of nitrogens with one attached hydrogen (secondary N) is 1. The Morgan fingerprint density at radius 3 is 2.88 bits per heavy atom. The second-order valence-electron chi connectivity index (χ2n) is 3.67. The molecule has 1 amide bonds. The largest absolute Gasteiger partial charge is 0.351 e. The van der Waals surface area contributed by atoms with Crippen molar-refractivity contribution in [3.8, 4) is 0 Å². The molecule has 0 aromatic heterocycles. The molecule has 0 spiro atoms. The first-order valence-corrected chi connectivity index (χ1v) is 6.46. The van der Waals surface area contributed by atoms with E-state index in [4.69, 9.17) is 11.6 Å². The second-order valence-corrected chi connectivity index (χ2v) is 5.21. The van der Waals surface area contributed by atoms with Gasteiger partial charge in [0.05, 0.1) is 5.38 Å². The van der Waals surface area contributed by atoms with Crippen LogP contribution in [-0.4, -0.2) is 17.8 Å². The molecule has 0 saturated heterocycles. The molecule has 0 aliphatic carbocycles. The number of rotatable bonds is 4. The van der Waals surface area contributed by atoms with Crippen LogP contribution in [0.2, 0.25) is 0 Å². The lowest BCUT2D eigenvalue weighted by molar-refractivity contribution is 0.0953. The van der Waals surface area contributed by atoms with Gasteiger partial charge in [-0.25, -0.2) is 0 Å². The molecule has 4 heteroatoms. The zero-order valence-corrected chi connectivity index (χ0v) is 11.7. The standard InChI is InChI=1S/C12H15BrClNO/c1-3-10(14)7-15-12(16)11-6-9(13)5-4-8(11)2/h4-6,10H,3,7H2,1-2H3,(H,15,16). The normalized spacial score (nSPS) is 12.2. The molecule has 1 aromatic rings. The van der Waals surface area contributed by atoms with Gasteiger partial charge in [-0.1, -0.05) is 28.9 Å². The van der Waals surface area contributed by atoms with E-state index in [2.05, 4.69) is 21.2 Å². The van der Waals surface area contributed by atoms with Crippen LogP contribution >= 0.6 is 27.5 Å². The molecule has 1 rings (SSSR count). The Hall–Kier alpha value is -0.540. The SMILES string of the molecule is CCC(Cl)CNC(=O)c1cc(Br)ccc1C. The molecule has 0 aliphatic heterocycles. The molecule has 88 valence electrons. The monoisotopic (exact) mass is 303 g/mol. The van der Waals surface area contributed by atoms with Crippen molar-refractivity contribution in [1.82, 2.24) is 5.32 Å². The van der Waals surface area contributed by atoms with Crippen LogP contribution in [0.25, 0.3) is 0 Å². The van der Waals surface area contributed by atoms with Gasteiger partial charge in [0.15, 0.2) is 0 Å². The number of alkyl halides is 1. The third kappa shape index (κ3) is 3.80. The molecular formula is C12H15BrClNO. The summed E-state index contributed by atoms with van der Waals surface area (Å²) in [6.45, 7) is 4.41. The minimum absolute atomic E-state index is 0.00332. The van der Waals surface area contributed by atoms with Crippen LogP contribution in [0.3, 0.4) is 0 Å². The molecule has 0 heterocycles. The Morgan fingerprint density at radius 1 is 1.56 bits per heavy atom. The topological polar surface area (TPSA) is 29.1 Å². The van der Waals surface area contributed by atoms with E-state index in [1.807, 2.05) is 32.0 Å². The van der Waals surface area contributed by atoms with Crippen LogP contribution in [0.1, 0.15) is 29.3 Å². The van der Waals surface area contributed by atoms with Gasteiger partial charge < -0.3 is 5.32 Å². The average Bonchev–Trinajstić information content (AvgIpc) is 2.28. The van der Waals surface area contributed by atoms with E-state index >= 15 is 0 Å². The van der Waals surface area contributed by atoms with E-state index in [1.165, 1.54) is 0 Å². The highest BCUT2D eigenvalue weighted by atomic mass is 79.9. The molecular weight excluding hydrogens is 289 g/mol. The number of hydrogen-bond acceptors (Lipinski definition) is 1. The molecule has 1 aromatic carbocycles. The number of halogens is 2. The van der Waals surface area contributed by atoms with Crippen molar-refractivity contribution in [1.29, 1.82) is 0 Å². The van der Waals surface area contributed by atoms with E-state index in [9.17, 15) is 4.79 Å². The Labute approximate surface area is 110 Å². The maximum Gasteiger partial charge on any atom is 0.251 e. The average molecular weight is 305 g/mol. The number of carbonyl (C=O) groups is 1. The van der Waals surface area contributed by atoms with Gasteiger partial charge in [0.2, 0.25) is 0 Å². The molecule has 1 atom stereocenters. The molecule has 0 aliphatic rings. The Morgan fingerprint density at radius 2 is 2.25 bits per heavy atom. The number of benzene rings is 1. The molecule has 2 nitrogen and oxygen atoms in total. The summed E-state index contributed by atoms with van der Waals surface area (Å²) in [6, 6.07) is 5.65. The van der Waals surface area contributed by atoms with Crippen LogP contribution in [0, 0.1) is 6.92 Å². The van der Waals surface area contributed by atoms with Gasteiger partial charge in [-0.15, -0.1) is 11.6 Å². The van der Waals surface area contributed by atoms with E-state index in [0.29, 0.717) is 12.1 Å². The zero-order chi connectivity index (χ0) is 12.1. The number of carbonyl (C=O) groups excluding carboxylic acids is 1. The lowest BCUT2D eigenvalue weighted by atomic mass is 10.1. The fourth-order valence-electron chi connectivity index (χ4n) is 1.28. The van der Waals surface area contributed by atoms with Gasteiger partial charge in [0.25, 0.3) is 5.91 Å². The highest BCUT2D eigenvalue weighted by Gasteiger charge is 2.10. The lowest BCUT2D eigenvalue weighted by Gasteiger charge is -2.10. The summed E-state index contributed by atoms with van der Waals surface area (Å²) in [5.41, 5.74) is 1.65. The van der Waals surface area contributed by atoms with Crippen molar-refractivity contribution in [2.45, 2.75) is 25.6 Å². The second kappa shape index (κ2) is 6.26. The van der Waals surface area contributed by atoms with E-state index in [0.717, 1.165) is 16.5 Å². The first-order valence-electron chi connectivity index (χ1n) is 5.23. The summed E-state index contributed by atoms with van der Waals surface area (Å²) in [5, 5.41) is 2.82. The summed E-state index contributed by atoms with van der Waals surface area (Å²) < 4.78 is 0.904. The van der Waals surface area contributed by atoms with Gasteiger partial charge in [-0.3, -0.25) is 4.79 Å². The van der Waals surface area contributed by atoms with Crippen LogP contribution in [0.4, 0.5) is 0 Å². The maximum atomic E-state index is 11.8. The molecule has 0 fully saturated rings. The van der Waals surface area contributed by atoms with Crippen molar-refractivity contribution in [3.63, 3.8) is 0 Å². The molecule has 1 N–H and O–H groups in total. The summed E-state index contributed by atoms with van der Waals surface area (Å²) in [5.74, 6) is -0.0714. The number of hydrogen-bond donors (Lipinski definition) is 1. The van der Waals surface area contributed by atoms with Crippen molar-refractivity contribution in [2.24, 2.45) is 0 Å². The molecule has 1 unspecified atom stereocenters. The maximum absolute atomic E-state index is 11.8. The van der Waals surface area contributed by atoms with Crippen molar-refractivity contribution >= 4 is 33.4 Å². The third-order valence-electron chi connectivity index (χ3n) is 2.37. The van der Waals surface area contributed by atoms with Gasteiger partial charge in [-0.2, -0.15) is 0 Å². The number of amides is 1. The van der Waals surface area contributed by atoms with Crippen molar-refractivity contribution < 1.29 is 4.79 Å². The van der Waals surface area contributed by atoms with E-state index in [1.54, 1.807) is 0 Å². The van der Waals surface area contributed by atoms with Crippen molar-refractivity contribution in [2.75, 3.05) is 6.54 Å². The molecule has 16 heavy (non-hydrogen) atoms. The number of aryl methyl sites for hydroxylation is 1. The Bertz CT molecular complexity index is 381. The minimum Gasteiger partial charge on any atom is -0.351 e. The summed E-state index contributed by atoms with van der Waals surface area (Å²) >= 11 is 9.30. The van der Waals surface area contributed by atoms with Crippen molar-refractivity contribution in [3.05, 3.63) is 33.8 Å². The third-order valence-corrected chi connectivity index (χ3v) is 3.33. The molecule has 0 radical (unpaired) electrons. The quantitative estimate of drug-likeness (QED) is 0.848.